The zero-order valence-electron chi connectivity index (χ0n) is 13.9. The summed E-state index contributed by atoms with van der Waals surface area (Å²) in [6.45, 7) is 0. The molecule has 5 nitrogen and oxygen atoms in total. The number of nitrogens with one attached hydrogen (secondary N) is 2. The van der Waals surface area contributed by atoms with Gasteiger partial charge in [-0.15, -0.1) is 0 Å². The first-order valence-electron chi connectivity index (χ1n) is 8.46. The Bertz CT molecular complexity index is 759. The minimum atomic E-state index is -0.224. The van der Waals surface area contributed by atoms with Crippen LogP contribution in [0.3, 0.4) is 0 Å². The molecule has 2 aromatic rings. The highest BCUT2D eigenvalue weighted by Crippen LogP contribution is 2.22. The number of aryl methyl sites for hydroxylation is 1. The smallest absolute Gasteiger partial charge is 0.257 e. The van der Waals surface area contributed by atoms with Gasteiger partial charge in [-0.3, -0.25) is 9.59 Å². The third kappa shape index (κ3) is 4.04. The van der Waals surface area contributed by atoms with Crippen LogP contribution < -0.4 is 16.2 Å². The molecule has 126 valence electrons. The number of amides is 1. The van der Waals surface area contributed by atoms with Gasteiger partial charge in [0.2, 0.25) is 5.56 Å². The number of carbonyl (C=O) groups is 1. The van der Waals surface area contributed by atoms with Gasteiger partial charge in [0.25, 0.3) is 5.91 Å². The molecular formula is C19H23N3O2. The highest BCUT2D eigenvalue weighted by molar-refractivity contribution is 6.04. The Labute approximate surface area is 141 Å². The van der Waals surface area contributed by atoms with E-state index in [2.05, 4.69) is 10.6 Å². The molecule has 0 atom stereocenters. The molecule has 2 N–H and O–H groups in total. The topological polar surface area (TPSA) is 63.1 Å². The van der Waals surface area contributed by atoms with Crippen LogP contribution in [0.4, 0.5) is 11.4 Å². The number of carbonyl (C=O) groups excluding carboxylic acids is 1. The number of pyridine rings is 1. The molecular weight excluding hydrogens is 302 g/mol. The Kier molecular flexibility index (Phi) is 4.99. The van der Waals surface area contributed by atoms with Crippen molar-refractivity contribution in [3.05, 3.63) is 58.5 Å². The van der Waals surface area contributed by atoms with E-state index in [1.165, 1.54) is 55.0 Å². The van der Waals surface area contributed by atoms with Gasteiger partial charge in [0.05, 0.1) is 5.56 Å². The van der Waals surface area contributed by atoms with E-state index in [1.54, 1.807) is 7.05 Å². The summed E-state index contributed by atoms with van der Waals surface area (Å²) in [5, 5.41) is 6.41. The van der Waals surface area contributed by atoms with Crippen LogP contribution in [0.15, 0.2) is 47.4 Å². The number of aromatic nitrogens is 1. The molecule has 1 aliphatic carbocycles. The first-order chi connectivity index (χ1) is 11.6. The van der Waals surface area contributed by atoms with E-state index < -0.39 is 0 Å². The maximum atomic E-state index is 12.2. The lowest BCUT2D eigenvalue weighted by atomic mass is 9.95. The fourth-order valence-electron chi connectivity index (χ4n) is 3.06. The number of hydrogen-bond acceptors (Lipinski definition) is 3. The summed E-state index contributed by atoms with van der Waals surface area (Å²) in [5.74, 6) is -0.224. The molecule has 1 heterocycles. The van der Waals surface area contributed by atoms with Crippen LogP contribution in [0.1, 0.15) is 42.5 Å². The number of rotatable bonds is 4. The highest BCUT2D eigenvalue weighted by Gasteiger charge is 2.13. The van der Waals surface area contributed by atoms with E-state index in [9.17, 15) is 9.59 Å². The summed E-state index contributed by atoms with van der Waals surface area (Å²) < 4.78 is 1.39. The summed E-state index contributed by atoms with van der Waals surface area (Å²) in [7, 11) is 1.63. The molecule has 1 fully saturated rings. The van der Waals surface area contributed by atoms with Crippen LogP contribution in [0.25, 0.3) is 0 Å². The van der Waals surface area contributed by atoms with Crippen LogP contribution in [0, 0.1) is 0 Å². The maximum Gasteiger partial charge on any atom is 0.257 e. The van der Waals surface area contributed by atoms with Crippen LogP contribution >= 0.6 is 0 Å². The SMILES string of the molecule is Cn1cc(C(=O)Nc2ccc(NC3CCCCC3)cc2)ccc1=O. The van der Waals surface area contributed by atoms with Gasteiger partial charge < -0.3 is 15.2 Å². The van der Waals surface area contributed by atoms with E-state index in [0.29, 0.717) is 11.6 Å². The average molecular weight is 325 g/mol. The number of hydrogen-bond donors (Lipinski definition) is 2. The third-order valence-corrected chi connectivity index (χ3v) is 4.47. The van der Waals surface area contributed by atoms with Crippen molar-refractivity contribution in [2.45, 2.75) is 38.1 Å². The minimum Gasteiger partial charge on any atom is -0.382 e. The number of anilines is 2. The van der Waals surface area contributed by atoms with Crippen LogP contribution in [-0.2, 0) is 7.05 Å². The Morgan fingerprint density at radius 3 is 2.33 bits per heavy atom. The Morgan fingerprint density at radius 2 is 1.67 bits per heavy atom. The van der Waals surface area contributed by atoms with E-state index in [1.807, 2.05) is 24.3 Å². The van der Waals surface area contributed by atoms with Crippen molar-refractivity contribution in [3.8, 4) is 0 Å². The normalized spacial score (nSPS) is 15.0. The van der Waals surface area contributed by atoms with Crippen molar-refractivity contribution in [3.63, 3.8) is 0 Å². The Hall–Kier alpha value is -2.56. The molecule has 1 aromatic heterocycles. The predicted octanol–water partition coefficient (Wildman–Crippen LogP) is 3.38. The summed E-state index contributed by atoms with van der Waals surface area (Å²) in [5.41, 5.74) is 2.15. The lowest BCUT2D eigenvalue weighted by molar-refractivity contribution is 0.102. The van der Waals surface area contributed by atoms with Gasteiger partial charge in [0.1, 0.15) is 0 Å². The van der Waals surface area contributed by atoms with E-state index in [-0.39, 0.29) is 11.5 Å². The Balaban J connectivity index is 1.61. The Morgan fingerprint density at radius 1 is 1.00 bits per heavy atom. The molecule has 0 bridgehead atoms. The van der Waals surface area contributed by atoms with Crippen molar-refractivity contribution < 1.29 is 4.79 Å². The summed E-state index contributed by atoms with van der Waals surface area (Å²) in [4.78, 5) is 23.6. The molecule has 0 unspecified atom stereocenters. The van der Waals surface area contributed by atoms with Gasteiger partial charge in [-0.05, 0) is 43.2 Å². The lowest BCUT2D eigenvalue weighted by Gasteiger charge is -2.23. The highest BCUT2D eigenvalue weighted by atomic mass is 16.2. The van der Waals surface area contributed by atoms with Crippen LogP contribution in [0.5, 0.6) is 0 Å². The summed E-state index contributed by atoms with van der Waals surface area (Å²) in [6.07, 6.45) is 7.93. The van der Waals surface area contributed by atoms with E-state index in [4.69, 9.17) is 0 Å². The maximum absolute atomic E-state index is 12.2. The van der Waals surface area contributed by atoms with Gasteiger partial charge >= 0.3 is 0 Å². The zero-order chi connectivity index (χ0) is 16.9. The van der Waals surface area contributed by atoms with Crippen molar-refractivity contribution >= 4 is 17.3 Å². The van der Waals surface area contributed by atoms with Crippen LogP contribution in [-0.4, -0.2) is 16.5 Å². The molecule has 0 spiro atoms. The van der Waals surface area contributed by atoms with Crippen molar-refractivity contribution in [1.29, 1.82) is 0 Å². The molecule has 1 amide bonds. The average Bonchev–Trinajstić information content (AvgIpc) is 2.60. The second-order valence-electron chi connectivity index (χ2n) is 6.38. The van der Waals surface area contributed by atoms with Crippen LogP contribution in [0.2, 0.25) is 0 Å². The van der Waals surface area contributed by atoms with Gasteiger partial charge in [-0.2, -0.15) is 0 Å². The molecule has 1 saturated carbocycles. The quantitative estimate of drug-likeness (QED) is 0.906. The van der Waals surface area contributed by atoms with Gasteiger partial charge in [-0.25, -0.2) is 0 Å². The largest absolute Gasteiger partial charge is 0.382 e. The van der Waals surface area contributed by atoms with Gasteiger partial charge in [0.15, 0.2) is 0 Å². The molecule has 3 rings (SSSR count). The standard InChI is InChI=1S/C19H23N3O2/c1-22-13-14(7-12-18(22)23)19(24)21-17-10-8-16(9-11-17)20-15-5-3-2-4-6-15/h7-13,15,20H,2-6H2,1H3,(H,21,24). The second-order valence-corrected chi connectivity index (χ2v) is 6.38. The fourth-order valence-corrected chi connectivity index (χ4v) is 3.06. The van der Waals surface area contributed by atoms with Gasteiger partial charge in [0, 0.05) is 36.7 Å². The molecule has 5 heteroatoms. The van der Waals surface area contributed by atoms with E-state index in [0.717, 1.165) is 11.4 Å². The van der Waals surface area contributed by atoms with Crippen molar-refractivity contribution in [2.75, 3.05) is 10.6 Å². The number of nitrogens with zero attached hydrogens (tertiary/aromatic N) is 1. The fraction of sp³-hybridized carbons (Fsp3) is 0.368. The first-order valence-corrected chi connectivity index (χ1v) is 8.46. The first kappa shape index (κ1) is 16.3. The molecule has 0 aliphatic heterocycles. The van der Waals surface area contributed by atoms with E-state index >= 15 is 0 Å². The molecule has 1 aliphatic rings. The zero-order valence-corrected chi connectivity index (χ0v) is 13.9. The second kappa shape index (κ2) is 7.34. The summed E-state index contributed by atoms with van der Waals surface area (Å²) >= 11 is 0. The molecule has 24 heavy (non-hydrogen) atoms. The molecule has 1 aromatic carbocycles. The predicted molar refractivity (Wildman–Crippen MR) is 96.6 cm³/mol. The minimum absolute atomic E-state index is 0.135. The summed E-state index contributed by atoms with van der Waals surface area (Å²) in [6, 6.07) is 11.3. The number of benzene rings is 1. The molecule has 0 saturated heterocycles. The molecule has 0 radical (unpaired) electrons. The van der Waals surface area contributed by atoms with Gasteiger partial charge in [-0.1, -0.05) is 19.3 Å². The third-order valence-electron chi connectivity index (χ3n) is 4.47. The van der Waals surface area contributed by atoms with Crippen molar-refractivity contribution in [1.82, 2.24) is 4.57 Å². The van der Waals surface area contributed by atoms with Crippen molar-refractivity contribution in [2.24, 2.45) is 7.05 Å². The monoisotopic (exact) mass is 325 g/mol. The lowest BCUT2D eigenvalue weighted by Crippen LogP contribution is -2.22.